The van der Waals surface area contributed by atoms with Gasteiger partial charge in [-0.05, 0) is 43.2 Å². The predicted octanol–water partition coefficient (Wildman–Crippen LogP) is 3.30. The smallest absolute Gasteiger partial charge is 0.150 e. The fourth-order valence-electron chi connectivity index (χ4n) is 4.76. The first kappa shape index (κ1) is 22.3. The highest BCUT2D eigenvalue weighted by Gasteiger charge is 2.40. The lowest BCUT2D eigenvalue weighted by atomic mass is 9.89. The molecule has 0 saturated carbocycles. The van der Waals surface area contributed by atoms with Crippen LogP contribution < -0.4 is 4.90 Å². The van der Waals surface area contributed by atoms with Crippen LogP contribution in [-0.4, -0.2) is 72.8 Å². The summed E-state index contributed by atoms with van der Waals surface area (Å²) in [5, 5.41) is 4.59. The molecule has 2 aliphatic heterocycles. The number of rotatable bonds is 9. The van der Waals surface area contributed by atoms with Gasteiger partial charge in [0.05, 0.1) is 18.8 Å². The van der Waals surface area contributed by atoms with Gasteiger partial charge < -0.3 is 19.3 Å². The summed E-state index contributed by atoms with van der Waals surface area (Å²) in [6, 6.07) is 11.1. The minimum Gasteiger partial charge on any atom is -0.381 e. The molecule has 4 rings (SSSR count). The van der Waals surface area contributed by atoms with Crippen molar-refractivity contribution in [3.05, 3.63) is 47.7 Å². The van der Waals surface area contributed by atoms with Gasteiger partial charge in [0.25, 0.3) is 0 Å². The maximum Gasteiger partial charge on any atom is 0.150 e. The van der Waals surface area contributed by atoms with Gasteiger partial charge in [-0.2, -0.15) is 5.10 Å². The van der Waals surface area contributed by atoms with Crippen molar-refractivity contribution in [1.29, 1.82) is 0 Å². The van der Waals surface area contributed by atoms with Gasteiger partial charge in [-0.3, -0.25) is 4.68 Å². The zero-order chi connectivity index (χ0) is 21.5. The predicted molar refractivity (Wildman–Crippen MR) is 125 cm³/mol. The van der Waals surface area contributed by atoms with Crippen molar-refractivity contribution >= 4 is 5.82 Å². The van der Waals surface area contributed by atoms with Gasteiger partial charge in [-0.15, -0.1) is 0 Å². The second-order valence-electron chi connectivity index (χ2n) is 9.07. The fourth-order valence-corrected chi connectivity index (χ4v) is 4.76. The Morgan fingerprint density at radius 2 is 1.87 bits per heavy atom. The molecule has 1 aromatic carbocycles. The molecule has 170 valence electrons. The molecule has 0 radical (unpaired) electrons. The zero-order valence-corrected chi connectivity index (χ0v) is 19.3. The van der Waals surface area contributed by atoms with Crippen LogP contribution in [0.4, 0.5) is 5.82 Å². The SMILES string of the molecule is CCCOCCc1cccc(CCN2CCC3(CC2)CN(c2ccn(C)n2)CCO3)c1. The Hall–Kier alpha value is -1.89. The van der Waals surface area contributed by atoms with E-state index in [0.717, 1.165) is 90.5 Å². The average molecular weight is 427 g/mol. The standard InChI is InChI=1S/C25H38N4O2/c1-3-17-30-18-9-23-6-4-5-22(20-23)7-13-28-14-10-25(11-15-28)21-29(16-19-31-25)24-8-12-27(2)26-24/h4-6,8,12,20H,3,7,9-11,13-19,21H2,1-2H3. The van der Waals surface area contributed by atoms with Gasteiger partial charge in [0.15, 0.2) is 5.82 Å². The molecule has 2 fully saturated rings. The van der Waals surface area contributed by atoms with Crippen LogP contribution in [0.2, 0.25) is 0 Å². The number of likely N-dealkylation sites (tertiary alicyclic amines) is 1. The molecule has 0 atom stereocenters. The molecule has 0 amide bonds. The zero-order valence-electron chi connectivity index (χ0n) is 19.3. The Kier molecular flexibility index (Phi) is 7.64. The fraction of sp³-hybridized carbons (Fsp3) is 0.640. The van der Waals surface area contributed by atoms with Gasteiger partial charge in [-0.1, -0.05) is 31.2 Å². The highest BCUT2D eigenvalue weighted by molar-refractivity contribution is 5.38. The molecule has 1 spiro atoms. The molecular formula is C25H38N4O2. The molecule has 6 heteroatoms. The third-order valence-electron chi connectivity index (χ3n) is 6.63. The molecular weight excluding hydrogens is 388 g/mol. The van der Waals surface area contributed by atoms with E-state index in [4.69, 9.17) is 9.47 Å². The Morgan fingerprint density at radius 3 is 2.61 bits per heavy atom. The van der Waals surface area contributed by atoms with Crippen LogP contribution in [0.25, 0.3) is 0 Å². The molecule has 0 N–H and O–H groups in total. The normalized spacial score (nSPS) is 19.2. The summed E-state index contributed by atoms with van der Waals surface area (Å²) in [5.74, 6) is 1.08. The first-order chi connectivity index (χ1) is 15.2. The van der Waals surface area contributed by atoms with E-state index in [0.29, 0.717) is 0 Å². The Balaban J connectivity index is 1.23. The van der Waals surface area contributed by atoms with Crippen LogP contribution in [0.3, 0.4) is 0 Å². The lowest BCUT2D eigenvalue weighted by Gasteiger charge is -2.47. The molecule has 0 aliphatic carbocycles. The van der Waals surface area contributed by atoms with E-state index in [1.54, 1.807) is 0 Å². The second-order valence-corrected chi connectivity index (χ2v) is 9.07. The Labute approximate surface area is 187 Å². The van der Waals surface area contributed by atoms with E-state index in [2.05, 4.69) is 52.2 Å². The molecule has 6 nitrogen and oxygen atoms in total. The maximum absolute atomic E-state index is 6.33. The number of nitrogens with zero attached hydrogens (tertiary/aromatic N) is 4. The highest BCUT2D eigenvalue weighted by atomic mass is 16.5. The van der Waals surface area contributed by atoms with Crippen molar-refractivity contribution in [2.24, 2.45) is 7.05 Å². The maximum atomic E-state index is 6.33. The molecule has 2 aromatic rings. The quantitative estimate of drug-likeness (QED) is 0.576. The van der Waals surface area contributed by atoms with Gasteiger partial charge in [0, 0.05) is 58.6 Å². The van der Waals surface area contributed by atoms with Crippen LogP contribution >= 0.6 is 0 Å². The van der Waals surface area contributed by atoms with Crippen LogP contribution in [0.15, 0.2) is 36.5 Å². The molecule has 1 aromatic heterocycles. The first-order valence-electron chi connectivity index (χ1n) is 11.9. The molecule has 2 aliphatic rings. The number of aryl methyl sites for hydroxylation is 1. The molecule has 31 heavy (non-hydrogen) atoms. The number of piperidine rings is 1. The third-order valence-corrected chi connectivity index (χ3v) is 6.63. The van der Waals surface area contributed by atoms with Crippen molar-refractivity contribution in [1.82, 2.24) is 14.7 Å². The number of morpholine rings is 1. The van der Waals surface area contributed by atoms with Crippen LogP contribution in [0.1, 0.15) is 37.3 Å². The lowest BCUT2D eigenvalue weighted by molar-refractivity contribution is -0.0911. The van der Waals surface area contributed by atoms with Crippen LogP contribution in [0, 0.1) is 0 Å². The number of aromatic nitrogens is 2. The summed E-state index contributed by atoms with van der Waals surface area (Å²) in [7, 11) is 1.98. The number of hydrogen-bond acceptors (Lipinski definition) is 5. The van der Waals surface area contributed by atoms with Crippen molar-refractivity contribution < 1.29 is 9.47 Å². The van der Waals surface area contributed by atoms with E-state index in [1.807, 2.05) is 17.9 Å². The van der Waals surface area contributed by atoms with E-state index >= 15 is 0 Å². The van der Waals surface area contributed by atoms with Gasteiger partial charge in [0.2, 0.25) is 0 Å². The lowest BCUT2D eigenvalue weighted by Crippen LogP contribution is -2.57. The summed E-state index contributed by atoms with van der Waals surface area (Å²) >= 11 is 0. The van der Waals surface area contributed by atoms with E-state index in [1.165, 1.54) is 11.1 Å². The van der Waals surface area contributed by atoms with Gasteiger partial charge >= 0.3 is 0 Å². The number of ether oxygens (including phenoxy) is 2. The van der Waals surface area contributed by atoms with Crippen molar-refractivity contribution in [3.63, 3.8) is 0 Å². The molecule has 3 heterocycles. The second kappa shape index (κ2) is 10.6. The summed E-state index contributed by atoms with van der Waals surface area (Å²) < 4.78 is 13.9. The minimum absolute atomic E-state index is 0.00925. The van der Waals surface area contributed by atoms with E-state index in [9.17, 15) is 0 Å². The molecule has 2 saturated heterocycles. The number of benzene rings is 1. The highest BCUT2D eigenvalue weighted by Crippen LogP contribution is 2.31. The van der Waals surface area contributed by atoms with Gasteiger partial charge in [-0.25, -0.2) is 0 Å². The van der Waals surface area contributed by atoms with Crippen LogP contribution in [-0.2, 0) is 29.4 Å². The summed E-state index contributed by atoms with van der Waals surface area (Å²) in [6.07, 6.45) is 7.43. The van der Waals surface area contributed by atoms with Crippen molar-refractivity contribution in [3.8, 4) is 0 Å². The average Bonchev–Trinajstić information content (AvgIpc) is 3.23. The summed E-state index contributed by atoms with van der Waals surface area (Å²) in [6.45, 7) is 9.87. The number of hydrogen-bond donors (Lipinski definition) is 0. The number of anilines is 1. The van der Waals surface area contributed by atoms with E-state index < -0.39 is 0 Å². The topological polar surface area (TPSA) is 42.8 Å². The largest absolute Gasteiger partial charge is 0.381 e. The van der Waals surface area contributed by atoms with E-state index in [-0.39, 0.29) is 5.60 Å². The van der Waals surface area contributed by atoms with Crippen LogP contribution in [0.5, 0.6) is 0 Å². The third kappa shape index (κ3) is 6.09. The summed E-state index contributed by atoms with van der Waals surface area (Å²) in [5.41, 5.74) is 2.81. The van der Waals surface area contributed by atoms with Crippen molar-refractivity contribution in [2.75, 3.05) is 57.4 Å². The summed E-state index contributed by atoms with van der Waals surface area (Å²) in [4.78, 5) is 5.00. The minimum atomic E-state index is -0.00925. The Bertz CT molecular complexity index is 813. The Morgan fingerprint density at radius 1 is 1.06 bits per heavy atom. The molecule has 0 unspecified atom stereocenters. The molecule has 0 bridgehead atoms. The van der Waals surface area contributed by atoms with Gasteiger partial charge in [0.1, 0.15) is 0 Å². The monoisotopic (exact) mass is 426 g/mol. The van der Waals surface area contributed by atoms with Crippen molar-refractivity contribution in [2.45, 2.75) is 44.6 Å². The first-order valence-corrected chi connectivity index (χ1v) is 11.9.